The van der Waals surface area contributed by atoms with Crippen LogP contribution in [-0.2, 0) is 16.6 Å². The highest BCUT2D eigenvalue weighted by molar-refractivity contribution is 5.81. The highest BCUT2D eigenvalue weighted by Gasteiger charge is 2.23. The Bertz CT molecular complexity index is 606. The van der Waals surface area contributed by atoms with Crippen molar-refractivity contribution < 1.29 is 9.53 Å². The smallest absolute Gasteiger partial charge is 0.268 e. The molecular weight excluding hydrogens is 296 g/mol. The van der Waals surface area contributed by atoms with Gasteiger partial charge in [0.1, 0.15) is 0 Å². The van der Waals surface area contributed by atoms with Crippen molar-refractivity contribution in [3.8, 4) is 0 Å². The lowest BCUT2D eigenvalue weighted by Crippen LogP contribution is -2.45. The zero-order valence-corrected chi connectivity index (χ0v) is 14.3. The van der Waals surface area contributed by atoms with Gasteiger partial charge in [-0.05, 0) is 6.42 Å². The van der Waals surface area contributed by atoms with E-state index in [1.165, 1.54) is 4.68 Å². The molecule has 1 aromatic rings. The van der Waals surface area contributed by atoms with Crippen molar-refractivity contribution in [3.63, 3.8) is 0 Å². The third kappa shape index (κ3) is 4.79. The highest BCUT2D eigenvalue weighted by atomic mass is 16.5. The molecule has 7 nitrogen and oxygen atoms in total. The predicted octanol–water partition coefficient (Wildman–Crippen LogP) is 0.538. The van der Waals surface area contributed by atoms with E-state index in [0.717, 1.165) is 18.7 Å². The summed E-state index contributed by atoms with van der Waals surface area (Å²) >= 11 is 0. The van der Waals surface area contributed by atoms with Crippen LogP contribution >= 0.6 is 0 Å². The van der Waals surface area contributed by atoms with Gasteiger partial charge in [-0.25, -0.2) is 4.68 Å². The van der Waals surface area contributed by atoms with Crippen LogP contribution < -0.4 is 15.8 Å². The first-order valence-corrected chi connectivity index (χ1v) is 7.95. The lowest BCUT2D eigenvalue weighted by atomic mass is 9.95. The molecule has 0 saturated carbocycles. The van der Waals surface area contributed by atoms with Gasteiger partial charge in [-0.3, -0.25) is 9.59 Å². The Labute approximate surface area is 136 Å². The van der Waals surface area contributed by atoms with Gasteiger partial charge in [0.05, 0.1) is 24.6 Å². The first kappa shape index (κ1) is 17.5. The van der Waals surface area contributed by atoms with E-state index in [1.54, 1.807) is 19.3 Å². The third-order valence-corrected chi connectivity index (χ3v) is 3.89. The van der Waals surface area contributed by atoms with E-state index < -0.39 is 0 Å². The monoisotopic (exact) mass is 322 g/mol. The molecule has 128 valence electrons. The maximum atomic E-state index is 11.9. The molecule has 1 aliphatic rings. The second-order valence-electron chi connectivity index (χ2n) is 6.91. The van der Waals surface area contributed by atoms with Crippen molar-refractivity contribution in [1.82, 2.24) is 15.1 Å². The molecule has 2 heterocycles. The molecule has 0 aliphatic carbocycles. The van der Waals surface area contributed by atoms with Gasteiger partial charge in [-0.1, -0.05) is 20.8 Å². The molecule has 1 atom stereocenters. The molecule has 1 N–H and O–H groups in total. The molecule has 1 aromatic heterocycles. The third-order valence-electron chi connectivity index (χ3n) is 3.89. The van der Waals surface area contributed by atoms with Crippen LogP contribution in [0, 0.1) is 5.41 Å². The Morgan fingerprint density at radius 3 is 2.87 bits per heavy atom. The molecule has 1 amide bonds. The normalized spacial score (nSPS) is 18.8. The van der Waals surface area contributed by atoms with Crippen molar-refractivity contribution in [1.29, 1.82) is 0 Å². The standard InChI is InChI=1S/C16H26N4O3/c1-16(2,3)15(22)17-6-5-13-11-20(7-8-23-13)12-9-14(21)19(4)18-10-12/h9-10,13H,5-8,11H2,1-4H3,(H,17,22)/t13-/m0/s1. The number of rotatable bonds is 4. The molecule has 7 heteroatoms. The van der Waals surface area contributed by atoms with E-state index in [9.17, 15) is 9.59 Å². The molecule has 23 heavy (non-hydrogen) atoms. The van der Waals surface area contributed by atoms with E-state index >= 15 is 0 Å². The number of amides is 1. The lowest BCUT2D eigenvalue weighted by Gasteiger charge is -2.34. The zero-order valence-electron chi connectivity index (χ0n) is 14.3. The van der Waals surface area contributed by atoms with Crippen LogP contribution in [0.25, 0.3) is 0 Å². The van der Waals surface area contributed by atoms with Crippen molar-refractivity contribution in [2.24, 2.45) is 12.5 Å². The lowest BCUT2D eigenvalue weighted by molar-refractivity contribution is -0.128. The van der Waals surface area contributed by atoms with Crippen molar-refractivity contribution in [2.75, 3.05) is 31.1 Å². The molecular formula is C16H26N4O3. The minimum Gasteiger partial charge on any atom is -0.374 e. The quantitative estimate of drug-likeness (QED) is 0.875. The number of morpholine rings is 1. The van der Waals surface area contributed by atoms with Crippen LogP contribution in [0.5, 0.6) is 0 Å². The molecule has 0 bridgehead atoms. The number of anilines is 1. The Morgan fingerprint density at radius 2 is 2.22 bits per heavy atom. The first-order chi connectivity index (χ1) is 10.8. The van der Waals surface area contributed by atoms with E-state index in [2.05, 4.69) is 15.3 Å². The maximum absolute atomic E-state index is 11.9. The largest absolute Gasteiger partial charge is 0.374 e. The summed E-state index contributed by atoms with van der Waals surface area (Å²) in [5.41, 5.74) is 0.318. The Morgan fingerprint density at radius 1 is 1.48 bits per heavy atom. The minimum atomic E-state index is -0.380. The van der Waals surface area contributed by atoms with E-state index in [1.807, 2.05) is 20.8 Å². The van der Waals surface area contributed by atoms with Gasteiger partial charge in [-0.2, -0.15) is 5.10 Å². The molecule has 1 fully saturated rings. The number of carbonyl (C=O) groups excluding carboxylic acids is 1. The summed E-state index contributed by atoms with van der Waals surface area (Å²) in [6.07, 6.45) is 2.48. The maximum Gasteiger partial charge on any atom is 0.268 e. The Balaban J connectivity index is 1.87. The zero-order chi connectivity index (χ0) is 17.0. The summed E-state index contributed by atoms with van der Waals surface area (Å²) in [6.45, 7) is 8.30. The van der Waals surface area contributed by atoms with Crippen LogP contribution in [-0.4, -0.2) is 48.0 Å². The first-order valence-electron chi connectivity index (χ1n) is 7.95. The Kier molecular flexibility index (Phi) is 5.41. The minimum absolute atomic E-state index is 0.0353. The number of nitrogens with zero attached hydrogens (tertiary/aromatic N) is 3. The van der Waals surface area contributed by atoms with E-state index in [4.69, 9.17) is 4.74 Å². The molecule has 1 saturated heterocycles. The van der Waals surface area contributed by atoms with Crippen LogP contribution in [0.15, 0.2) is 17.1 Å². The second kappa shape index (κ2) is 7.12. The summed E-state index contributed by atoms with van der Waals surface area (Å²) in [6, 6.07) is 1.59. The molecule has 2 rings (SSSR count). The number of carbonyl (C=O) groups is 1. The summed E-state index contributed by atoms with van der Waals surface area (Å²) < 4.78 is 7.06. The predicted molar refractivity (Wildman–Crippen MR) is 88.5 cm³/mol. The van der Waals surface area contributed by atoms with Crippen molar-refractivity contribution >= 4 is 11.6 Å². The van der Waals surface area contributed by atoms with Gasteiger partial charge in [-0.15, -0.1) is 0 Å². The highest BCUT2D eigenvalue weighted by Crippen LogP contribution is 2.16. The number of hydrogen-bond acceptors (Lipinski definition) is 5. The number of aromatic nitrogens is 2. The fourth-order valence-electron chi connectivity index (χ4n) is 2.37. The summed E-state index contributed by atoms with van der Waals surface area (Å²) in [7, 11) is 1.63. The van der Waals surface area contributed by atoms with Gasteiger partial charge in [0, 0.05) is 38.2 Å². The molecule has 1 aliphatic heterocycles. The van der Waals surface area contributed by atoms with Gasteiger partial charge >= 0.3 is 0 Å². The number of hydrogen-bond donors (Lipinski definition) is 1. The number of aryl methyl sites for hydroxylation is 1. The average Bonchev–Trinajstić information content (AvgIpc) is 2.49. The van der Waals surface area contributed by atoms with Crippen molar-refractivity contribution in [3.05, 3.63) is 22.6 Å². The summed E-state index contributed by atoms with van der Waals surface area (Å²) in [5, 5.41) is 6.99. The molecule has 0 spiro atoms. The summed E-state index contributed by atoms with van der Waals surface area (Å²) in [4.78, 5) is 25.7. The fraction of sp³-hybridized carbons (Fsp3) is 0.688. The molecule has 0 radical (unpaired) electrons. The van der Waals surface area contributed by atoms with Gasteiger partial charge in [0.2, 0.25) is 5.91 Å². The number of nitrogens with one attached hydrogen (secondary N) is 1. The SMILES string of the molecule is Cn1ncc(N2CCO[C@@H](CCNC(=O)C(C)(C)C)C2)cc1=O. The van der Waals surface area contributed by atoms with Crippen LogP contribution in [0.3, 0.4) is 0 Å². The second-order valence-corrected chi connectivity index (χ2v) is 6.91. The van der Waals surface area contributed by atoms with Crippen LogP contribution in [0.1, 0.15) is 27.2 Å². The van der Waals surface area contributed by atoms with Gasteiger partial charge in [0.25, 0.3) is 5.56 Å². The number of ether oxygens (including phenoxy) is 1. The molecule has 0 unspecified atom stereocenters. The fourth-order valence-corrected chi connectivity index (χ4v) is 2.37. The van der Waals surface area contributed by atoms with E-state index in [-0.39, 0.29) is 23.0 Å². The van der Waals surface area contributed by atoms with Gasteiger partial charge in [0.15, 0.2) is 0 Å². The van der Waals surface area contributed by atoms with Crippen molar-refractivity contribution in [2.45, 2.75) is 33.3 Å². The average molecular weight is 322 g/mol. The van der Waals surface area contributed by atoms with Crippen LogP contribution in [0.4, 0.5) is 5.69 Å². The van der Waals surface area contributed by atoms with E-state index in [0.29, 0.717) is 19.7 Å². The topological polar surface area (TPSA) is 76.5 Å². The van der Waals surface area contributed by atoms with Gasteiger partial charge < -0.3 is 15.0 Å². The Hall–Kier alpha value is -1.89. The van der Waals surface area contributed by atoms with Crippen LogP contribution in [0.2, 0.25) is 0 Å². The summed E-state index contributed by atoms with van der Waals surface area (Å²) in [5.74, 6) is 0.0425. The molecule has 0 aromatic carbocycles.